The summed E-state index contributed by atoms with van der Waals surface area (Å²) in [6.45, 7) is 3.84. The van der Waals surface area contributed by atoms with Crippen LogP contribution >= 0.6 is 0 Å². The van der Waals surface area contributed by atoms with E-state index in [4.69, 9.17) is 4.74 Å². The molecule has 0 bridgehead atoms. The third kappa shape index (κ3) is 4.76. The number of nitrogens with zero attached hydrogens (tertiary/aromatic N) is 4. The molecule has 0 amide bonds. The molecule has 22 heavy (non-hydrogen) atoms. The minimum absolute atomic E-state index is 0.563. The van der Waals surface area contributed by atoms with Crippen LogP contribution in [0.5, 0.6) is 5.75 Å². The number of aliphatic imine (C=N–C) groups is 1. The van der Waals surface area contributed by atoms with Crippen LogP contribution in [-0.2, 0) is 13.6 Å². The fraction of sp³-hybridized carbons (Fsp3) is 0.400. The molecule has 2 aromatic rings. The van der Waals surface area contributed by atoms with Crippen LogP contribution in [0, 0.1) is 6.92 Å². The van der Waals surface area contributed by atoms with Crippen LogP contribution < -0.4 is 15.4 Å². The molecule has 0 saturated carbocycles. The van der Waals surface area contributed by atoms with E-state index < -0.39 is 0 Å². The summed E-state index contributed by atoms with van der Waals surface area (Å²) < 4.78 is 7.38. The molecule has 0 unspecified atom stereocenters. The zero-order valence-corrected chi connectivity index (χ0v) is 13.2. The third-order valence-corrected chi connectivity index (χ3v) is 3.13. The van der Waals surface area contributed by atoms with Gasteiger partial charge in [-0.05, 0) is 19.1 Å². The van der Waals surface area contributed by atoms with Gasteiger partial charge in [0.1, 0.15) is 24.5 Å². The molecule has 0 spiro atoms. The number of hydrogen-bond donors (Lipinski definition) is 2. The van der Waals surface area contributed by atoms with Crippen LogP contribution in [0.3, 0.4) is 0 Å². The number of aromatic nitrogens is 3. The van der Waals surface area contributed by atoms with E-state index >= 15 is 0 Å². The van der Waals surface area contributed by atoms with Crippen LogP contribution in [0.4, 0.5) is 0 Å². The number of rotatable bonds is 6. The Bertz CT molecular complexity index is 605. The van der Waals surface area contributed by atoms with Gasteiger partial charge in [-0.15, -0.1) is 0 Å². The first kappa shape index (κ1) is 15.8. The lowest BCUT2D eigenvalue weighted by molar-refractivity contribution is 0.322. The molecule has 118 valence electrons. The summed E-state index contributed by atoms with van der Waals surface area (Å²) in [5.41, 5.74) is 1.22. The second-order valence-electron chi connectivity index (χ2n) is 4.81. The molecule has 0 fully saturated rings. The van der Waals surface area contributed by atoms with Crippen LogP contribution in [-0.4, -0.2) is 40.9 Å². The summed E-state index contributed by atoms with van der Waals surface area (Å²) in [6.07, 6.45) is 1.53. The average molecular weight is 302 g/mol. The Morgan fingerprint density at radius 3 is 2.68 bits per heavy atom. The van der Waals surface area contributed by atoms with E-state index in [9.17, 15) is 0 Å². The van der Waals surface area contributed by atoms with E-state index in [0.717, 1.165) is 11.6 Å². The van der Waals surface area contributed by atoms with E-state index in [2.05, 4.69) is 32.6 Å². The van der Waals surface area contributed by atoms with Crippen LogP contribution in [0.25, 0.3) is 0 Å². The van der Waals surface area contributed by atoms with Gasteiger partial charge in [-0.25, -0.2) is 4.98 Å². The van der Waals surface area contributed by atoms with Crippen molar-refractivity contribution in [3.8, 4) is 5.75 Å². The highest BCUT2D eigenvalue weighted by atomic mass is 16.5. The first-order valence-electron chi connectivity index (χ1n) is 7.16. The fourth-order valence-electron chi connectivity index (χ4n) is 1.84. The van der Waals surface area contributed by atoms with E-state index in [1.165, 1.54) is 11.9 Å². The van der Waals surface area contributed by atoms with Gasteiger partial charge in [-0.3, -0.25) is 9.67 Å². The van der Waals surface area contributed by atoms with Crippen molar-refractivity contribution in [3.63, 3.8) is 0 Å². The first-order valence-corrected chi connectivity index (χ1v) is 7.16. The van der Waals surface area contributed by atoms with Gasteiger partial charge in [0.25, 0.3) is 0 Å². The Labute approximate surface area is 130 Å². The molecule has 0 radical (unpaired) electrons. The van der Waals surface area contributed by atoms with Crippen molar-refractivity contribution in [2.24, 2.45) is 12.0 Å². The molecule has 7 heteroatoms. The summed E-state index contributed by atoms with van der Waals surface area (Å²) in [5.74, 6) is 2.42. The van der Waals surface area contributed by atoms with E-state index in [1.807, 2.05) is 31.3 Å². The second kappa shape index (κ2) is 8.02. The number of hydrogen-bond acceptors (Lipinski definition) is 4. The minimum Gasteiger partial charge on any atom is -0.492 e. The maximum absolute atomic E-state index is 5.65. The van der Waals surface area contributed by atoms with Crippen LogP contribution in [0.2, 0.25) is 0 Å². The highest BCUT2D eigenvalue weighted by molar-refractivity contribution is 5.79. The van der Waals surface area contributed by atoms with Crippen molar-refractivity contribution in [2.75, 3.05) is 20.2 Å². The van der Waals surface area contributed by atoms with Crippen molar-refractivity contribution < 1.29 is 4.74 Å². The highest BCUT2D eigenvalue weighted by Gasteiger charge is 2.02. The molecule has 0 saturated heterocycles. The van der Waals surface area contributed by atoms with Gasteiger partial charge in [0.15, 0.2) is 5.96 Å². The molecule has 0 aliphatic carbocycles. The van der Waals surface area contributed by atoms with Crippen molar-refractivity contribution >= 4 is 5.96 Å². The normalized spacial score (nSPS) is 11.3. The molecule has 1 aromatic heterocycles. The smallest absolute Gasteiger partial charge is 0.191 e. The van der Waals surface area contributed by atoms with Gasteiger partial charge in [0, 0.05) is 14.1 Å². The molecule has 0 atom stereocenters. The Kier molecular flexibility index (Phi) is 5.76. The van der Waals surface area contributed by atoms with Crippen molar-refractivity contribution in [2.45, 2.75) is 13.5 Å². The third-order valence-electron chi connectivity index (χ3n) is 3.13. The Hall–Kier alpha value is -2.57. The molecule has 2 rings (SSSR count). The first-order chi connectivity index (χ1) is 10.7. The Morgan fingerprint density at radius 1 is 1.27 bits per heavy atom. The van der Waals surface area contributed by atoms with Gasteiger partial charge in [0.2, 0.25) is 0 Å². The van der Waals surface area contributed by atoms with E-state index in [-0.39, 0.29) is 0 Å². The van der Waals surface area contributed by atoms with Crippen LogP contribution in [0.15, 0.2) is 35.6 Å². The largest absolute Gasteiger partial charge is 0.492 e. The number of benzene rings is 1. The van der Waals surface area contributed by atoms with Gasteiger partial charge in [-0.2, -0.15) is 5.10 Å². The van der Waals surface area contributed by atoms with Crippen molar-refractivity contribution in [1.29, 1.82) is 0 Å². The second-order valence-corrected chi connectivity index (χ2v) is 4.81. The molecule has 0 aliphatic heterocycles. The average Bonchev–Trinajstić information content (AvgIpc) is 2.93. The Morgan fingerprint density at radius 2 is 2.05 bits per heavy atom. The Balaban J connectivity index is 1.68. The van der Waals surface area contributed by atoms with Crippen LogP contribution in [0.1, 0.15) is 11.4 Å². The molecule has 0 aliphatic rings. The lowest BCUT2D eigenvalue weighted by atomic mass is 10.2. The molecular formula is C15H22N6O. The van der Waals surface area contributed by atoms with Gasteiger partial charge in [-0.1, -0.05) is 17.7 Å². The van der Waals surface area contributed by atoms with E-state index in [1.54, 1.807) is 11.7 Å². The summed E-state index contributed by atoms with van der Waals surface area (Å²) >= 11 is 0. The molecule has 2 N–H and O–H groups in total. The quantitative estimate of drug-likeness (QED) is 0.470. The number of aryl methyl sites for hydroxylation is 2. The standard InChI is InChI=1S/C15H22N6O/c1-12-4-6-13(7-5-12)22-9-8-17-15(16-2)18-10-14-19-11-20-21(14)3/h4-7,11H,8-10H2,1-3H3,(H2,16,17,18). The monoisotopic (exact) mass is 302 g/mol. The summed E-state index contributed by atoms with van der Waals surface area (Å²) in [5, 5.41) is 10.4. The van der Waals surface area contributed by atoms with Gasteiger partial charge >= 0.3 is 0 Å². The van der Waals surface area contributed by atoms with Gasteiger partial charge in [0.05, 0.1) is 13.1 Å². The number of ether oxygens (including phenoxy) is 1. The topological polar surface area (TPSA) is 76.4 Å². The molecular weight excluding hydrogens is 280 g/mol. The minimum atomic E-state index is 0.563. The van der Waals surface area contributed by atoms with Crippen molar-refractivity contribution in [1.82, 2.24) is 25.4 Å². The molecule has 1 heterocycles. The maximum atomic E-state index is 5.65. The predicted octanol–water partition coefficient (Wildman–Crippen LogP) is 0.868. The number of guanidine groups is 1. The SMILES string of the molecule is CN=C(NCCOc1ccc(C)cc1)NCc1ncnn1C. The lowest BCUT2D eigenvalue weighted by Gasteiger charge is -2.12. The number of nitrogens with one attached hydrogen (secondary N) is 2. The predicted molar refractivity (Wildman–Crippen MR) is 85.9 cm³/mol. The molecule has 7 nitrogen and oxygen atoms in total. The zero-order chi connectivity index (χ0) is 15.8. The van der Waals surface area contributed by atoms with E-state index in [0.29, 0.717) is 25.7 Å². The highest BCUT2D eigenvalue weighted by Crippen LogP contribution is 2.10. The summed E-state index contributed by atoms with van der Waals surface area (Å²) in [7, 11) is 3.59. The zero-order valence-electron chi connectivity index (χ0n) is 13.2. The molecule has 1 aromatic carbocycles. The van der Waals surface area contributed by atoms with Gasteiger partial charge < -0.3 is 15.4 Å². The summed E-state index contributed by atoms with van der Waals surface area (Å²) in [6, 6.07) is 8.00. The maximum Gasteiger partial charge on any atom is 0.191 e. The lowest BCUT2D eigenvalue weighted by Crippen LogP contribution is -2.39. The fourth-order valence-corrected chi connectivity index (χ4v) is 1.84. The van der Waals surface area contributed by atoms with Crippen molar-refractivity contribution in [3.05, 3.63) is 42.0 Å². The summed E-state index contributed by atoms with van der Waals surface area (Å²) in [4.78, 5) is 8.30.